The summed E-state index contributed by atoms with van der Waals surface area (Å²) in [7, 11) is 0. The molecule has 12 nitrogen and oxygen atoms in total. The van der Waals surface area contributed by atoms with Gasteiger partial charge in [-0.15, -0.1) is 0 Å². The van der Waals surface area contributed by atoms with Crippen LogP contribution in [0.2, 0.25) is 0 Å². The standard InChI is InChI=1S/C20H20N6O6/c27-19(23-21-13-15-5-3-7-17(11-15)25(29)30)9-1-2-10-20(28)24-22-14-16-6-4-8-18(12-16)26(31)32/h3-8,11-14H,1-2,9-10H2,(H,23,27)(H,24,28)/b21-13+,22-14+. The zero-order valence-electron chi connectivity index (χ0n) is 16.8. The maximum atomic E-state index is 11.8. The SMILES string of the molecule is O=C(CCCCC(=O)N/N=C/c1cccc([N+](=O)[O-])c1)N/N=C/c1cccc([N+](=O)[O-])c1. The quantitative estimate of drug-likeness (QED) is 0.235. The third-order valence-corrected chi connectivity index (χ3v) is 4.03. The van der Waals surface area contributed by atoms with E-state index in [-0.39, 0.29) is 36.0 Å². The zero-order valence-corrected chi connectivity index (χ0v) is 16.8. The van der Waals surface area contributed by atoms with Gasteiger partial charge in [0.15, 0.2) is 0 Å². The van der Waals surface area contributed by atoms with Crippen LogP contribution in [0.5, 0.6) is 0 Å². The van der Waals surface area contributed by atoms with Crippen molar-refractivity contribution in [3.63, 3.8) is 0 Å². The minimum Gasteiger partial charge on any atom is -0.273 e. The summed E-state index contributed by atoms with van der Waals surface area (Å²) in [6.07, 6.45) is 3.79. The van der Waals surface area contributed by atoms with Crippen molar-refractivity contribution in [1.29, 1.82) is 0 Å². The molecule has 0 fully saturated rings. The van der Waals surface area contributed by atoms with E-state index in [9.17, 15) is 29.8 Å². The molecule has 0 aliphatic rings. The molecule has 0 saturated heterocycles. The molecule has 32 heavy (non-hydrogen) atoms. The van der Waals surface area contributed by atoms with Gasteiger partial charge in [0.2, 0.25) is 11.8 Å². The van der Waals surface area contributed by atoms with E-state index < -0.39 is 9.85 Å². The van der Waals surface area contributed by atoms with Crippen LogP contribution in [0.1, 0.15) is 36.8 Å². The first-order chi connectivity index (χ1) is 15.3. The van der Waals surface area contributed by atoms with E-state index in [1.807, 2.05) is 0 Å². The molecular weight excluding hydrogens is 420 g/mol. The van der Waals surface area contributed by atoms with Crippen molar-refractivity contribution >= 4 is 35.6 Å². The van der Waals surface area contributed by atoms with Crippen molar-refractivity contribution in [1.82, 2.24) is 10.9 Å². The molecule has 0 aliphatic carbocycles. The Bertz CT molecular complexity index is 969. The average molecular weight is 440 g/mol. The number of hydrogen-bond donors (Lipinski definition) is 2. The van der Waals surface area contributed by atoms with Gasteiger partial charge >= 0.3 is 0 Å². The highest BCUT2D eigenvalue weighted by atomic mass is 16.6. The van der Waals surface area contributed by atoms with Gasteiger partial charge in [-0.1, -0.05) is 24.3 Å². The molecule has 0 aliphatic heterocycles. The highest BCUT2D eigenvalue weighted by Crippen LogP contribution is 2.12. The van der Waals surface area contributed by atoms with Crippen molar-refractivity contribution < 1.29 is 19.4 Å². The zero-order chi connectivity index (χ0) is 23.3. The van der Waals surface area contributed by atoms with Crippen LogP contribution in [0.4, 0.5) is 11.4 Å². The van der Waals surface area contributed by atoms with E-state index in [1.165, 1.54) is 48.8 Å². The minimum absolute atomic E-state index is 0.0760. The van der Waals surface area contributed by atoms with Crippen LogP contribution in [0.15, 0.2) is 58.7 Å². The number of carbonyl (C=O) groups is 2. The van der Waals surface area contributed by atoms with Crippen LogP contribution < -0.4 is 10.9 Å². The smallest absolute Gasteiger partial charge is 0.270 e. The first kappa shape index (κ1) is 23.8. The average Bonchev–Trinajstić information content (AvgIpc) is 2.77. The predicted octanol–water partition coefficient (Wildman–Crippen LogP) is 2.66. The molecule has 0 radical (unpaired) electrons. The molecule has 2 N–H and O–H groups in total. The number of nitrogens with one attached hydrogen (secondary N) is 2. The lowest BCUT2D eigenvalue weighted by Crippen LogP contribution is -2.19. The normalized spacial score (nSPS) is 10.9. The number of carbonyl (C=O) groups excluding carboxylic acids is 2. The molecule has 0 bridgehead atoms. The Labute approximate surface area is 182 Å². The van der Waals surface area contributed by atoms with E-state index >= 15 is 0 Å². The number of nitrogens with zero attached hydrogens (tertiary/aromatic N) is 4. The lowest BCUT2D eigenvalue weighted by Gasteiger charge is -2.01. The fourth-order valence-electron chi connectivity index (χ4n) is 2.48. The number of non-ortho nitro benzene ring substituents is 2. The van der Waals surface area contributed by atoms with Crippen LogP contribution in [0.25, 0.3) is 0 Å². The molecular formula is C20H20N6O6. The Morgan fingerprint density at radius 3 is 1.56 bits per heavy atom. The molecule has 0 atom stereocenters. The summed E-state index contributed by atoms with van der Waals surface area (Å²) in [6.45, 7) is 0. The Kier molecular flexibility index (Phi) is 9.12. The van der Waals surface area contributed by atoms with Crippen molar-refractivity contribution in [3.05, 3.63) is 79.9 Å². The van der Waals surface area contributed by atoms with Gasteiger partial charge < -0.3 is 0 Å². The molecule has 0 unspecified atom stereocenters. The van der Waals surface area contributed by atoms with Gasteiger partial charge in [-0.05, 0) is 12.8 Å². The highest BCUT2D eigenvalue weighted by molar-refractivity contribution is 5.84. The van der Waals surface area contributed by atoms with Gasteiger partial charge in [-0.25, -0.2) is 10.9 Å². The van der Waals surface area contributed by atoms with Gasteiger partial charge in [0.1, 0.15) is 0 Å². The summed E-state index contributed by atoms with van der Waals surface area (Å²) in [6, 6.07) is 11.6. The first-order valence-electron chi connectivity index (χ1n) is 9.48. The lowest BCUT2D eigenvalue weighted by atomic mass is 10.2. The fraction of sp³-hybridized carbons (Fsp3) is 0.200. The number of nitro benzene ring substituents is 2. The number of unbranched alkanes of at least 4 members (excludes halogenated alkanes) is 1. The maximum Gasteiger partial charge on any atom is 0.270 e. The lowest BCUT2D eigenvalue weighted by molar-refractivity contribution is -0.385. The largest absolute Gasteiger partial charge is 0.273 e. The fourth-order valence-corrected chi connectivity index (χ4v) is 2.48. The predicted molar refractivity (Wildman–Crippen MR) is 116 cm³/mol. The van der Waals surface area contributed by atoms with Crippen LogP contribution in [0.3, 0.4) is 0 Å². The van der Waals surface area contributed by atoms with Crippen LogP contribution in [-0.2, 0) is 9.59 Å². The molecule has 2 aromatic carbocycles. The van der Waals surface area contributed by atoms with E-state index in [0.717, 1.165) is 0 Å². The van der Waals surface area contributed by atoms with Crippen molar-refractivity contribution in [2.45, 2.75) is 25.7 Å². The highest BCUT2D eigenvalue weighted by Gasteiger charge is 2.06. The molecule has 0 spiro atoms. The Balaban J connectivity index is 1.64. The van der Waals surface area contributed by atoms with Crippen LogP contribution in [-0.4, -0.2) is 34.1 Å². The van der Waals surface area contributed by atoms with Crippen LogP contribution >= 0.6 is 0 Å². The molecule has 2 amide bonds. The maximum absolute atomic E-state index is 11.8. The third-order valence-electron chi connectivity index (χ3n) is 4.03. The topological polar surface area (TPSA) is 169 Å². The molecule has 12 heteroatoms. The molecule has 0 saturated carbocycles. The number of amides is 2. The van der Waals surface area contributed by atoms with Gasteiger partial charge in [-0.3, -0.25) is 29.8 Å². The van der Waals surface area contributed by atoms with Crippen LogP contribution in [0, 0.1) is 20.2 Å². The van der Waals surface area contributed by atoms with Gasteiger partial charge in [0.25, 0.3) is 11.4 Å². The second-order valence-corrected chi connectivity index (χ2v) is 6.50. The first-order valence-corrected chi connectivity index (χ1v) is 9.48. The molecule has 2 aromatic rings. The number of hydrogen-bond acceptors (Lipinski definition) is 8. The van der Waals surface area contributed by atoms with Gasteiger partial charge in [0.05, 0.1) is 22.3 Å². The third kappa shape index (κ3) is 8.49. The van der Waals surface area contributed by atoms with Gasteiger partial charge in [0, 0.05) is 48.2 Å². The van der Waals surface area contributed by atoms with E-state index in [4.69, 9.17) is 0 Å². The minimum atomic E-state index is -0.523. The molecule has 0 aromatic heterocycles. The monoisotopic (exact) mass is 440 g/mol. The summed E-state index contributed by atoms with van der Waals surface area (Å²) < 4.78 is 0. The summed E-state index contributed by atoms with van der Waals surface area (Å²) in [4.78, 5) is 43.9. The molecule has 0 heterocycles. The number of rotatable bonds is 11. The Morgan fingerprint density at radius 2 is 1.19 bits per heavy atom. The summed E-state index contributed by atoms with van der Waals surface area (Å²) in [5.41, 5.74) is 5.44. The van der Waals surface area contributed by atoms with Crippen molar-refractivity contribution in [2.75, 3.05) is 0 Å². The summed E-state index contributed by atoms with van der Waals surface area (Å²) in [5, 5.41) is 28.9. The van der Waals surface area contributed by atoms with Gasteiger partial charge in [-0.2, -0.15) is 10.2 Å². The van der Waals surface area contributed by atoms with Crippen molar-refractivity contribution in [3.8, 4) is 0 Å². The van der Waals surface area contributed by atoms with E-state index in [1.54, 1.807) is 12.1 Å². The summed E-state index contributed by atoms with van der Waals surface area (Å²) in [5.74, 6) is -0.702. The molecule has 166 valence electrons. The Hall–Kier alpha value is -4.48. The number of hydrazone groups is 2. The Morgan fingerprint density at radius 1 is 0.781 bits per heavy atom. The molecule has 2 rings (SSSR count). The van der Waals surface area contributed by atoms with E-state index in [2.05, 4.69) is 21.1 Å². The summed E-state index contributed by atoms with van der Waals surface area (Å²) >= 11 is 0. The van der Waals surface area contributed by atoms with Crippen molar-refractivity contribution in [2.24, 2.45) is 10.2 Å². The number of nitro groups is 2. The van der Waals surface area contributed by atoms with E-state index in [0.29, 0.717) is 24.0 Å². The second kappa shape index (κ2) is 12.3. The number of benzene rings is 2. The second-order valence-electron chi connectivity index (χ2n) is 6.50.